The number of anilines is 1. The summed E-state index contributed by atoms with van der Waals surface area (Å²) in [6, 6.07) is 0.238. The van der Waals surface area contributed by atoms with Gasteiger partial charge >= 0.3 is 0 Å². The second-order valence-electron chi connectivity index (χ2n) is 5.69. The van der Waals surface area contributed by atoms with E-state index in [0.717, 1.165) is 44.7 Å². The van der Waals surface area contributed by atoms with E-state index in [-0.39, 0.29) is 11.9 Å². The molecule has 0 radical (unpaired) electrons. The van der Waals surface area contributed by atoms with Crippen LogP contribution in [0.15, 0.2) is 12.4 Å². The Hall–Kier alpha value is -1.56. The maximum Gasteiger partial charge on any atom is 0.234 e. The summed E-state index contributed by atoms with van der Waals surface area (Å²) < 4.78 is 1.82. The lowest BCUT2D eigenvalue weighted by atomic mass is 10.1. The summed E-state index contributed by atoms with van der Waals surface area (Å²) in [5, 5.41) is 7.40. The Morgan fingerprint density at radius 2 is 2.24 bits per heavy atom. The molecule has 6 heteroatoms. The predicted molar refractivity (Wildman–Crippen MR) is 84.4 cm³/mol. The minimum atomic E-state index is 0.136. The van der Waals surface area contributed by atoms with Crippen molar-refractivity contribution in [3.05, 3.63) is 12.4 Å². The second-order valence-corrected chi connectivity index (χ2v) is 5.69. The van der Waals surface area contributed by atoms with Crippen LogP contribution in [0.3, 0.4) is 0 Å². The number of carbonyl (C=O) groups is 1. The summed E-state index contributed by atoms with van der Waals surface area (Å²) in [5.41, 5.74) is 1.14. The van der Waals surface area contributed by atoms with Crippen molar-refractivity contribution in [1.82, 2.24) is 20.0 Å². The summed E-state index contributed by atoms with van der Waals surface area (Å²) in [6.45, 7) is 8.40. The smallest absolute Gasteiger partial charge is 0.234 e. The fraction of sp³-hybridized carbons (Fsp3) is 0.733. The molecule has 2 heterocycles. The molecule has 1 aliphatic rings. The standard InChI is InChI=1S/C15H27N5O/c1-4-19(5-2)12-15(21)17-13-7-6-8-20(10-13)14-9-16-18(3)11-14/h9,11,13H,4-8,10,12H2,1-3H3,(H,17,21)/t13-/m1/s1. The highest BCUT2D eigenvalue weighted by atomic mass is 16.2. The van der Waals surface area contributed by atoms with Crippen LogP contribution < -0.4 is 10.2 Å². The molecule has 0 spiro atoms. The molecule has 0 bridgehead atoms. The molecule has 1 aliphatic heterocycles. The molecule has 1 N–H and O–H groups in total. The van der Waals surface area contributed by atoms with Gasteiger partial charge < -0.3 is 10.2 Å². The minimum absolute atomic E-state index is 0.136. The first-order chi connectivity index (χ1) is 10.1. The van der Waals surface area contributed by atoms with E-state index in [9.17, 15) is 4.79 Å². The number of aryl methyl sites for hydroxylation is 1. The van der Waals surface area contributed by atoms with Gasteiger partial charge in [-0.15, -0.1) is 0 Å². The number of nitrogens with zero attached hydrogens (tertiary/aromatic N) is 4. The number of likely N-dealkylation sites (N-methyl/N-ethyl adjacent to an activating group) is 1. The molecule has 0 saturated carbocycles. The summed E-state index contributed by atoms with van der Waals surface area (Å²) in [6.07, 6.45) is 6.08. The fourth-order valence-corrected chi connectivity index (χ4v) is 2.82. The summed E-state index contributed by atoms with van der Waals surface area (Å²) >= 11 is 0. The first-order valence-electron chi connectivity index (χ1n) is 7.87. The average molecular weight is 293 g/mol. The molecule has 1 aromatic heterocycles. The monoisotopic (exact) mass is 293 g/mol. The van der Waals surface area contributed by atoms with Crippen molar-refractivity contribution in [2.45, 2.75) is 32.7 Å². The molecule has 2 rings (SSSR count). The van der Waals surface area contributed by atoms with Crippen molar-refractivity contribution in [2.75, 3.05) is 37.6 Å². The number of aromatic nitrogens is 2. The lowest BCUT2D eigenvalue weighted by molar-refractivity contribution is -0.122. The van der Waals surface area contributed by atoms with Crippen molar-refractivity contribution in [1.29, 1.82) is 0 Å². The lowest BCUT2D eigenvalue weighted by Crippen LogP contribution is -2.50. The third-order valence-corrected chi connectivity index (χ3v) is 4.10. The molecule has 0 aliphatic carbocycles. The van der Waals surface area contributed by atoms with Crippen LogP contribution in [-0.2, 0) is 11.8 Å². The average Bonchev–Trinajstić information content (AvgIpc) is 2.91. The van der Waals surface area contributed by atoms with Crippen LogP contribution in [0, 0.1) is 0 Å². The Bertz CT molecular complexity index is 455. The SMILES string of the molecule is CCN(CC)CC(=O)N[C@@H]1CCCN(c2cnn(C)c2)C1. The Balaban J connectivity index is 1.85. The van der Waals surface area contributed by atoms with Gasteiger partial charge in [0.05, 0.1) is 18.4 Å². The normalized spacial score (nSPS) is 19.0. The summed E-state index contributed by atoms with van der Waals surface area (Å²) in [5.74, 6) is 0.136. The largest absolute Gasteiger partial charge is 0.367 e. The third-order valence-electron chi connectivity index (χ3n) is 4.10. The van der Waals surface area contributed by atoms with Crippen LogP contribution in [0.5, 0.6) is 0 Å². The Labute approximate surface area is 127 Å². The molecule has 0 aromatic carbocycles. The second kappa shape index (κ2) is 7.45. The number of rotatable bonds is 6. The van der Waals surface area contributed by atoms with Crippen molar-refractivity contribution in [3.63, 3.8) is 0 Å². The Kier molecular flexibility index (Phi) is 5.61. The zero-order valence-corrected chi connectivity index (χ0v) is 13.4. The Morgan fingerprint density at radius 3 is 2.86 bits per heavy atom. The van der Waals surface area contributed by atoms with Crippen LogP contribution in [0.4, 0.5) is 5.69 Å². The van der Waals surface area contributed by atoms with Gasteiger partial charge in [-0.2, -0.15) is 5.10 Å². The van der Waals surface area contributed by atoms with Gasteiger partial charge in [-0.25, -0.2) is 0 Å². The van der Waals surface area contributed by atoms with E-state index in [1.165, 1.54) is 0 Å². The van der Waals surface area contributed by atoms with Crippen LogP contribution in [0.2, 0.25) is 0 Å². The van der Waals surface area contributed by atoms with Gasteiger partial charge in [0.2, 0.25) is 5.91 Å². The van der Waals surface area contributed by atoms with E-state index in [2.05, 4.69) is 34.1 Å². The zero-order chi connectivity index (χ0) is 15.2. The van der Waals surface area contributed by atoms with Crippen LogP contribution in [0.1, 0.15) is 26.7 Å². The Morgan fingerprint density at radius 1 is 1.48 bits per heavy atom. The molecule has 1 saturated heterocycles. The molecule has 1 amide bonds. The van der Waals surface area contributed by atoms with E-state index in [4.69, 9.17) is 0 Å². The molecule has 1 atom stereocenters. The quantitative estimate of drug-likeness (QED) is 0.845. The predicted octanol–water partition coefficient (Wildman–Crippen LogP) is 0.847. The van der Waals surface area contributed by atoms with E-state index in [0.29, 0.717) is 6.54 Å². The van der Waals surface area contributed by atoms with E-state index in [1.54, 1.807) is 0 Å². The highest BCUT2D eigenvalue weighted by Gasteiger charge is 2.22. The maximum atomic E-state index is 12.1. The maximum absolute atomic E-state index is 12.1. The van der Waals surface area contributed by atoms with E-state index < -0.39 is 0 Å². The summed E-state index contributed by atoms with van der Waals surface area (Å²) in [4.78, 5) is 16.5. The lowest BCUT2D eigenvalue weighted by Gasteiger charge is -2.34. The summed E-state index contributed by atoms with van der Waals surface area (Å²) in [7, 11) is 1.93. The third kappa shape index (κ3) is 4.46. The highest BCUT2D eigenvalue weighted by Crippen LogP contribution is 2.18. The van der Waals surface area contributed by atoms with Gasteiger partial charge in [0.1, 0.15) is 0 Å². The van der Waals surface area contributed by atoms with Crippen LogP contribution >= 0.6 is 0 Å². The van der Waals surface area contributed by atoms with Crippen LogP contribution in [-0.4, -0.2) is 59.4 Å². The van der Waals surface area contributed by atoms with Crippen LogP contribution in [0.25, 0.3) is 0 Å². The minimum Gasteiger partial charge on any atom is -0.367 e. The number of hydrogen-bond acceptors (Lipinski definition) is 4. The number of carbonyl (C=O) groups excluding carboxylic acids is 1. The first-order valence-corrected chi connectivity index (χ1v) is 7.87. The van der Waals surface area contributed by atoms with E-state index >= 15 is 0 Å². The number of hydrogen-bond donors (Lipinski definition) is 1. The fourth-order valence-electron chi connectivity index (χ4n) is 2.82. The topological polar surface area (TPSA) is 53.4 Å². The molecule has 0 unspecified atom stereocenters. The zero-order valence-electron chi connectivity index (χ0n) is 13.4. The highest BCUT2D eigenvalue weighted by molar-refractivity contribution is 5.78. The van der Waals surface area contributed by atoms with E-state index in [1.807, 2.05) is 24.1 Å². The molecule has 118 valence electrons. The number of piperidine rings is 1. The molecule has 1 fully saturated rings. The van der Waals surface area contributed by atoms with Gasteiger partial charge in [0, 0.05) is 32.4 Å². The molecule has 1 aromatic rings. The molecule has 21 heavy (non-hydrogen) atoms. The van der Waals surface area contributed by atoms with Crippen molar-refractivity contribution < 1.29 is 4.79 Å². The number of amides is 1. The molecular weight excluding hydrogens is 266 g/mol. The molecular formula is C15H27N5O. The first kappa shape index (κ1) is 15.8. The number of nitrogens with one attached hydrogen (secondary N) is 1. The van der Waals surface area contributed by atoms with Gasteiger partial charge in [0.25, 0.3) is 0 Å². The van der Waals surface area contributed by atoms with Crippen molar-refractivity contribution in [3.8, 4) is 0 Å². The van der Waals surface area contributed by atoms with Gasteiger partial charge in [-0.05, 0) is 25.9 Å². The van der Waals surface area contributed by atoms with Crippen molar-refractivity contribution in [2.24, 2.45) is 7.05 Å². The van der Waals surface area contributed by atoms with Crippen molar-refractivity contribution >= 4 is 11.6 Å². The van der Waals surface area contributed by atoms with Gasteiger partial charge in [-0.3, -0.25) is 14.4 Å². The van der Waals surface area contributed by atoms with Gasteiger partial charge in [0.15, 0.2) is 0 Å². The van der Waals surface area contributed by atoms with Gasteiger partial charge in [-0.1, -0.05) is 13.8 Å². The molecule has 6 nitrogen and oxygen atoms in total.